The van der Waals surface area contributed by atoms with Gasteiger partial charge in [0.1, 0.15) is 17.2 Å². The number of fused-ring (bicyclic) bond motifs is 1. The number of nitrogens with zero attached hydrogens (tertiary/aromatic N) is 3. The normalized spacial score (nSPS) is 14.1. The van der Waals surface area contributed by atoms with E-state index in [1.807, 2.05) is 73.8 Å². The van der Waals surface area contributed by atoms with Crippen LogP contribution in [0.2, 0.25) is 0 Å². The molecule has 0 atom stereocenters. The average Bonchev–Trinajstić information content (AvgIpc) is 3.46. The highest BCUT2D eigenvalue weighted by atomic mass is 32.1. The van der Waals surface area contributed by atoms with Crippen molar-refractivity contribution in [3.63, 3.8) is 0 Å². The van der Waals surface area contributed by atoms with Crippen molar-refractivity contribution >= 4 is 34.3 Å². The Morgan fingerprint density at radius 3 is 2.78 bits per heavy atom. The van der Waals surface area contributed by atoms with E-state index in [2.05, 4.69) is 5.32 Å². The lowest BCUT2D eigenvalue weighted by atomic mass is 10.1. The first-order valence-electron chi connectivity index (χ1n) is 10.1. The number of nitrogens with one attached hydrogen (secondary N) is 1. The summed E-state index contributed by atoms with van der Waals surface area (Å²) in [7, 11) is 0. The van der Waals surface area contributed by atoms with Crippen LogP contribution in [0.15, 0.2) is 80.8 Å². The van der Waals surface area contributed by atoms with Crippen molar-refractivity contribution in [3.8, 4) is 17.0 Å². The zero-order valence-electron chi connectivity index (χ0n) is 17.5. The molecular formula is C24H20N4O3S. The number of hydrogen-bond donors (Lipinski definition) is 1. The highest BCUT2D eigenvalue weighted by Gasteiger charge is 2.18. The van der Waals surface area contributed by atoms with E-state index in [4.69, 9.17) is 19.2 Å². The van der Waals surface area contributed by atoms with Gasteiger partial charge in [-0.3, -0.25) is 4.79 Å². The number of aromatic nitrogens is 1. The van der Waals surface area contributed by atoms with Crippen LogP contribution < -0.4 is 14.9 Å². The molecule has 0 unspecified atom stereocenters. The van der Waals surface area contributed by atoms with E-state index in [0.29, 0.717) is 22.0 Å². The molecule has 0 saturated heterocycles. The Balaban J connectivity index is 1.66. The predicted molar refractivity (Wildman–Crippen MR) is 125 cm³/mol. The number of carbonyl (C=O) groups is 1. The van der Waals surface area contributed by atoms with E-state index < -0.39 is 0 Å². The first kappa shape index (κ1) is 20.0. The second kappa shape index (κ2) is 8.32. The summed E-state index contributed by atoms with van der Waals surface area (Å²) in [5, 5.41) is 9.68. The Labute approximate surface area is 188 Å². The van der Waals surface area contributed by atoms with Crippen molar-refractivity contribution in [2.45, 2.75) is 13.8 Å². The van der Waals surface area contributed by atoms with Crippen molar-refractivity contribution in [3.05, 3.63) is 82.4 Å². The summed E-state index contributed by atoms with van der Waals surface area (Å²) < 4.78 is 12.8. The van der Waals surface area contributed by atoms with Crippen LogP contribution in [0.5, 0.6) is 5.75 Å². The molecule has 1 N–H and O–H groups in total. The number of hydrogen-bond acceptors (Lipinski definition) is 6. The molecular weight excluding hydrogens is 424 g/mol. The minimum absolute atomic E-state index is 0.0248. The van der Waals surface area contributed by atoms with Gasteiger partial charge < -0.3 is 14.5 Å². The molecule has 7 nitrogen and oxygen atoms in total. The molecule has 5 rings (SSSR count). The maximum Gasteiger partial charge on any atom is 0.262 e. The lowest BCUT2D eigenvalue weighted by molar-refractivity contribution is -0.118. The molecule has 0 aliphatic carbocycles. The van der Waals surface area contributed by atoms with Crippen LogP contribution in [0, 0.1) is 6.92 Å². The summed E-state index contributed by atoms with van der Waals surface area (Å²) in [4.78, 5) is 17.3. The van der Waals surface area contributed by atoms with Gasteiger partial charge in [-0.2, -0.15) is 5.10 Å². The fraction of sp³-hybridized carbons (Fsp3) is 0.125. The molecule has 0 bridgehead atoms. The largest absolute Gasteiger partial charge is 0.482 e. The van der Waals surface area contributed by atoms with Crippen LogP contribution in [0.1, 0.15) is 18.2 Å². The number of anilines is 1. The van der Waals surface area contributed by atoms with E-state index >= 15 is 0 Å². The Morgan fingerprint density at radius 2 is 2.00 bits per heavy atom. The molecule has 32 heavy (non-hydrogen) atoms. The minimum Gasteiger partial charge on any atom is -0.482 e. The Morgan fingerprint density at radius 1 is 1.16 bits per heavy atom. The Bertz CT molecular complexity index is 1380. The number of thiazole rings is 1. The number of carbonyl (C=O) groups excluding carboxylic acids is 1. The standard InChI is InChI=1S/C24H20N4O3S/c1-15-5-8-18(9-6-15)25-24-28(27-16(2)21-4-3-11-30-21)20(14-32-24)17-7-10-22-19(12-17)26-23(29)13-31-22/h3-12,14H,13H2,1-2H3,(H,26,29). The van der Waals surface area contributed by atoms with Crippen molar-refractivity contribution < 1.29 is 13.9 Å². The molecule has 0 saturated carbocycles. The van der Waals surface area contributed by atoms with Gasteiger partial charge in [0, 0.05) is 10.9 Å². The quantitative estimate of drug-likeness (QED) is 0.452. The number of furan rings is 1. The second-order valence-corrected chi connectivity index (χ2v) is 8.21. The lowest BCUT2D eigenvalue weighted by Crippen LogP contribution is -2.25. The number of amides is 1. The molecule has 3 heterocycles. The first-order chi connectivity index (χ1) is 15.6. The van der Waals surface area contributed by atoms with E-state index in [1.165, 1.54) is 16.9 Å². The molecule has 0 fully saturated rings. The van der Waals surface area contributed by atoms with Gasteiger partial charge in [0.15, 0.2) is 6.61 Å². The van der Waals surface area contributed by atoms with Gasteiger partial charge in [-0.15, -0.1) is 11.3 Å². The van der Waals surface area contributed by atoms with Crippen LogP contribution in [0.25, 0.3) is 11.3 Å². The van der Waals surface area contributed by atoms with Gasteiger partial charge in [-0.1, -0.05) is 17.7 Å². The van der Waals surface area contributed by atoms with Crippen molar-refractivity contribution in [1.82, 2.24) is 4.68 Å². The van der Waals surface area contributed by atoms with Crippen LogP contribution in [-0.2, 0) is 4.79 Å². The van der Waals surface area contributed by atoms with Crippen LogP contribution >= 0.6 is 11.3 Å². The monoisotopic (exact) mass is 444 g/mol. The zero-order valence-corrected chi connectivity index (χ0v) is 18.3. The van der Waals surface area contributed by atoms with E-state index in [-0.39, 0.29) is 12.5 Å². The molecule has 1 aliphatic heterocycles. The SMILES string of the molecule is CC(=Nn1c(-c2ccc3c(c2)NC(=O)CO3)csc1=Nc1ccc(C)cc1)c1ccco1. The van der Waals surface area contributed by atoms with Crippen LogP contribution in [-0.4, -0.2) is 22.9 Å². The van der Waals surface area contributed by atoms with E-state index in [1.54, 1.807) is 10.9 Å². The van der Waals surface area contributed by atoms with Gasteiger partial charge >= 0.3 is 0 Å². The minimum atomic E-state index is -0.172. The topological polar surface area (TPSA) is 81.1 Å². The third-order valence-electron chi connectivity index (χ3n) is 4.98. The van der Waals surface area contributed by atoms with Gasteiger partial charge in [0.25, 0.3) is 5.91 Å². The van der Waals surface area contributed by atoms with Gasteiger partial charge in [-0.05, 0) is 56.3 Å². The summed E-state index contributed by atoms with van der Waals surface area (Å²) in [5.41, 5.74) is 5.10. The van der Waals surface area contributed by atoms with Crippen molar-refractivity contribution in [2.24, 2.45) is 10.1 Å². The molecule has 2 aromatic carbocycles. The molecule has 1 amide bonds. The molecule has 0 radical (unpaired) electrons. The van der Waals surface area contributed by atoms with E-state index in [0.717, 1.165) is 22.7 Å². The molecule has 1 aliphatic rings. The molecule has 2 aromatic heterocycles. The van der Waals surface area contributed by atoms with Gasteiger partial charge in [0.05, 0.1) is 23.3 Å². The summed E-state index contributed by atoms with van der Waals surface area (Å²) >= 11 is 1.49. The molecule has 0 spiro atoms. The number of benzene rings is 2. The predicted octanol–water partition coefficient (Wildman–Crippen LogP) is 4.95. The maximum atomic E-state index is 11.8. The second-order valence-electron chi connectivity index (χ2n) is 7.37. The molecule has 160 valence electrons. The average molecular weight is 445 g/mol. The highest BCUT2D eigenvalue weighted by Crippen LogP contribution is 2.33. The fourth-order valence-electron chi connectivity index (χ4n) is 3.33. The summed E-state index contributed by atoms with van der Waals surface area (Å²) in [6, 6.07) is 17.4. The van der Waals surface area contributed by atoms with E-state index in [9.17, 15) is 4.79 Å². The highest BCUT2D eigenvalue weighted by molar-refractivity contribution is 7.07. The van der Waals surface area contributed by atoms with Gasteiger partial charge in [-0.25, -0.2) is 9.67 Å². The maximum absolute atomic E-state index is 11.8. The lowest BCUT2D eigenvalue weighted by Gasteiger charge is -2.18. The summed E-state index contributed by atoms with van der Waals surface area (Å²) in [6.07, 6.45) is 1.62. The zero-order chi connectivity index (χ0) is 22.1. The number of rotatable bonds is 4. The first-order valence-corrected chi connectivity index (χ1v) is 10.9. The third-order valence-corrected chi connectivity index (χ3v) is 5.80. The summed E-state index contributed by atoms with van der Waals surface area (Å²) in [5.74, 6) is 1.16. The van der Waals surface area contributed by atoms with Crippen molar-refractivity contribution in [1.29, 1.82) is 0 Å². The Kier molecular flexibility index (Phi) is 5.20. The third kappa shape index (κ3) is 4.00. The van der Waals surface area contributed by atoms with Crippen molar-refractivity contribution in [2.75, 3.05) is 11.9 Å². The molecule has 8 heteroatoms. The van der Waals surface area contributed by atoms with Crippen LogP contribution in [0.4, 0.5) is 11.4 Å². The fourth-order valence-corrected chi connectivity index (χ4v) is 4.18. The molecule has 4 aromatic rings. The van der Waals surface area contributed by atoms with Crippen LogP contribution in [0.3, 0.4) is 0 Å². The number of aryl methyl sites for hydroxylation is 1. The number of ether oxygens (including phenoxy) is 1. The summed E-state index contributed by atoms with van der Waals surface area (Å²) in [6.45, 7) is 3.96. The Hall–Kier alpha value is -3.91. The smallest absolute Gasteiger partial charge is 0.262 e. The van der Waals surface area contributed by atoms with Gasteiger partial charge in [0.2, 0.25) is 4.80 Å².